The first-order chi connectivity index (χ1) is 15.0. The van der Waals surface area contributed by atoms with Crippen LogP contribution in [-0.4, -0.2) is 29.5 Å². The number of anilines is 2. The summed E-state index contributed by atoms with van der Waals surface area (Å²) in [6.07, 6.45) is 0.207. The number of aromatic nitrogens is 1. The predicted octanol–water partition coefficient (Wildman–Crippen LogP) is 4.48. The molecule has 1 atom stereocenters. The number of benzene rings is 2. The Morgan fingerprint density at radius 3 is 2.19 bits per heavy atom. The molecule has 1 fully saturated rings. The molecule has 1 aromatic heterocycles. The molecule has 0 bridgehead atoms. The van der Waals surface area contributed by atoms with Crippen molar-refractivity contribution < 1.29 is 14.3 Å². The van der Waals surface area contributed by atoms with Gasteiger partial charge in [0.15, 0.2) is 0 Å². The van der Waals surface area contributed by atoms with Gasteiger partial charge in [-0.3, -0.25) is 9.59 Å². The molecule has 3 aromatic rings. The highest BCUT2D eigenvalue weighted by molar-refractivity contribution is 6.03. The molecule has 2 amide bonds. The highest BCUT2D eigenvalue weighted by Crippen LogP contribution is 2.28. The fourth-order valence-electron chi connectivity index (χ4n) is 4.04. The second-order valence-corrected chi connectivity index (χ2v) is 7.82. The van der Waals surface area contributed by atoms with Crippen molar-refractivity contribution in [2.45, 2.75) is 27.2 Å². The van der Waals surface area contributed by atoms with Gasteiger partial charge >= 0.3 is 0 Å². The molecule has 2 heterocycles. The van der Waals surface area contributed by atoms with Crippen LogP contribution in [0.3, 0.4) is 0 Å². The molecule has 6 nitrogen and oxygen atoms in total. The smallest absolute Gasteiger partial charge is 0.229 e. The van der Waals surface area contributed by atoms with E-state index >= 15 is 0 Å². The van der Waals surface area contributed by atoms with E-state index in [9.17, 15) is 9.59 Å². The lowest BCUT2D eigenvalue weighted by Crippen LogP contribution is -2.28. The van der Waals surface area contributed by atoms with E-state index in [1.165, 1.54) is 0 Å². The van der Waals surface area contributed by atoms with Crippen LogP contribution in [0, 0.1) is 19.8 Å². The number of amides is 2. The molecule has 6 heteroatoms. The normalized spacial score (nSPS) is 15.9. The Labute approximate surface area is 182 Å². The van der Waals surface area contributed by atoms with E-state index in [2.05, 4.69) is 35.9 Å². The summed E-state index contributed by atoms with van der Waals surface area (Å²) < 4.78 is 7.61. The maximum absolute atomic E-state index is 12.8. The van der Waals surface area contributed by atoms with E-state index < -0.39 is 0 Å². The van der Waals surface area contributed by atoms with E-state index in [0.29, 0.717) is 13.2 Å². The maximum atomic E-state index is 12.8. The number of carbonyl (C=O) groups excluding carboxylic acids is 2. The van der Waals surface area contributed by atoms with Crippen LogP contribution in [0.2, 0.25) is 0 Å². The molecule has 1 saturated heterocycles. The van der Waals surface area contributed by atoms with Gasteiger partial charge in [-0.1, -0.05) is 0 Å². The largest absolute Gasteiger partial charge is 0.494 e. The summed E-state index contributed by atoms with van der Waals surface area (Å²) in [5.41, 5.74) is 4.88. The summed E-state index contributed by atoms with van der Waals surface area (Å²) in [5, 5.41) is 2.96. The van der Waals surface area contributed by atoms with Gasteiger partial charge in [0.1, 0.15) is 5.75 Å². The third kappa shape index (κ3) is 4.33. The number of ether oxygens (including phenoxy) is 1. The van der Waals surface area contributed by atoms with E-state index in [4.69, 9.17) is 4.74 Å². The molecule has 0 radical (unpaired) electrons. The molecule has 0 unspecified atom stereocenters. The van der Waals surface area contributed by atoms with Gasteiger partial charge < -0.3 is 19.5 Å². The van der Waals surface area contributed by atoms with Crippen LogP contribution in [0.25, 0.3) is 5.69 Å². The van der Waals surface area contributed by atoms with Crippen LogP contribution in [0.15, 0.2) is 60.7 Å². The van der Waals surface area contributed by atoms with Crippen LogP contribution < -0.4 is 15.0 Å². The molecule has 1 aliphatic rings. The van der Waals surface area contributed by atoms with Crippen LogP contribution >= 0.6 is 0 Å². The summed E-state index contributed by atoms with van der Waals surface area (Å²) in [5.74, 6) is 0.203. The first-order valence-corrected chi connectivity index (χ1v) is 10.6. The molecular weight excluding hydrogens is 390 g/mol. The van der Waals surface area contributed by atoms with Crippen molar-refractivity contribution in [3.63, 3.8) is 0 Å². The monoisotopic (exact) mass is 417 g/mol. The fraction of sp³-hybridized carbons (Fsp3) is 0.280. The highest BCUT2D eigenvalue weighted by Gasteiger charge is 2.35. The van der Waals surface area contributed by atoms with Gasteiger partial charge in [-0.2, -0.15) is 0 Å². The molecule has 4 rings (SSSR count). The van der Waals surface area contributed by atoms with E-state index in [-0.39, 0.29) is 24.2 Å². The van der Waals surface area contributed by atoms with Crippen molar-refractivity contribution in [2.75, 3.05) is 23.4 Å². The van der Waals surface area contributed by atoms with Gasteiger partial charge in [-0.15, -0.1) is 0 Å². The molecule has 160 valence electrons. The first-order valence-electron chi connectivity index (χ1n) is 10.6. The zero-order valence-corrected chi connectivity index (χ0v) is 18.1. The van der Waals surface area contributed by atoms with Crippen molar-refractivity contribution in [2.24, 2.45) is 5.92 Å². The number of rotatable bonds is 6. The van der Waals surface area contributed by atoms with Crippen molar-refractivity contribution in [1.29, 1.82) is 0 Å². The quantitative estimate of drug-likeness (QED) is 0.643. The number of hydrogen-bond donors (Lipinski definition) is 1. The minimum absolute atomic E-state index is 0.0433. The lowest BCUT2D eigenvalue weighted by atomic mass is 10.1. The van der Waals surface area contributed by atoms with E-state index in [0.717, 1.165) is 34.2 Å². The number of hydrogen-bond acceptors (Lipinski definition) is 3. The average molecular weight is 418 g/mol. The standard InChI is InChI=1S/C25H27N3O3/c1-4-31-23-13-11-21(12-14-23)27-16-19(15-24(27)29)25(30)26-20-7-9-22(10-8-20)28-17(2)5-6-18(28)3/h5-14,19H,4,15-16H2,1-3H3,(H,26,30)/t19-/m0/s1. The van der Waals surface area contributed by atoms with Gasteiger partial charge in [0.05, 0.1) is 12.5 Å². The first kappa shape index (κ1) is 20.7. The molecule has 0 aliphatic carbocycles. The summed E-state index contributed by atoms with van der Waals surface area (Å²) >= 11 is 0. The molecular formula is C25H27N3O3. The molecule has 2 aromatic carbocycles. The Morgan fingerprint density at radius 2 is 1.58 bits per heavy atom. The van der Waals surface area contributed by atoms with Gasteiger partial charge in [0, 0.05) is 41.4 Å². The lowest BCUT2D eigenvalue weighted by molar-refractivity contribution is -0.122. The van der Waals surface area contributed by atoms with Crippen molar-refractivity contribution >= 4 is 23.2 Å². The topological polar surface area (TPSA) is 63.6 Å². The van der Waals surface area contributed by atoms with Crippen LogP contribution in [0.1, 0.15) is 24.7 Å². The van der Waals surface area contributed by atoms with Crippen molar-refractivity contribution in [3.8, 4) is 11.4 Å². The highest BCUT2D eigenvalue weighted by atomic mass is 16.5. The predicted molar refractivity (Wildman–Crippen MR) is 122 cm³/mol. The lowest BCUT2D eigenvalue weighted by Gasteiger charge is -2.17. The number of carbonyl (C=O) groups is 2. The minimum Gasteiger partial charge on any atom is -0.494 e. The Balaban J connectivity index is 1.40. The summed E-state index contributed by atoms with van der Waals surface area (Å²) in [6, 6.07) is 19.3. The maximum Gasteiger partial charge on any atom is 0.229 e. The van der Waals surface area contributed by atoms with Gasteiger partial charge in [0.25, 0.3) is 0 Å². The number of nitrogens with one attached hydrogen (secondary N) is 1. The Hall–Kier alpha value is -3.54. The third-order valence-corrected chi connectivity index (χ3v) is 5.62. The summed E-state index contributed by atoms with van der Waals surface area (Å²) in [4.78, 5) is 27.0. The van der Waals surface area contributed by atoms with Crippen LogP contribution in [0.4, 0.5) is 11.4 Å². The minimum atomic E-state index is -0.382. The van der Waals surface area contributed by atoms with Gasteiger partial charge in [0.2, 0.25) is 11.8 Å². The third-order valence-electron chi connectivity index (χ3n) is 5.62. The Bertz CT molecular complexity index is 1060. The molecule has 0 saturated carbocycles. The van der Waals surface area contributed by atoms with E-state index in [1.807, 2.05) is 55.5 Å². The Morgan fingerprint density at radius 1 is 0.968 bits per heavy atom. The summed E-state index contributed by atoms with van der Waals surface area (Å²) in [6.45, 7) is 7.03. The van der Waals surface area contributed by atoms with Crippen molar-refractivity contribution in [3.05, 3.63) is 72.1 Å². The summed E-state index contributed by atoms with van der Waals surface area (Å²) in [7, 11) is 0. The van der Waals surface area contributed by atoms with Crippen molar-refractivity contribution in [1.82, 2.24) is 4.57 Å². The number of nitrogens with zero attached hydrogens (tertiary/aromatic N) is 2. The fourth-order valence-corrected chi connectivity index (χ4v) is 4.04. The van der Waals surface area contributed by atoms with Crippen LogP contribution in [-0.2, 0) is 9.59 Å². The van der Waals surface area contributed by atoms with Gasteiger partial charge in [-0.05, 0) is 81.4 Å². The van der Waals surface area contributed by atoms with E-state index in [1.54, 1.807) is 4.90 Å². The second-order valence-electron chi connectivity index (χ2n) is 7.82. The number of aryl methyl sites for hydroxylation is 2. The molecule has 1 aliphatic heterocycles. The SMILES string of the molecule is CCOc1ccc(N2C[C@@H](C(=O)Nc3ccc(-n4c(C)ccc4C)cc3)CC2=O)cc1. The second kappa shape index (κ2) is 8.68. The molecule has 31 heavy (non-hydrogen) atoms. The molecule has 1 N–H and O–H groups in total. The zero-order valence-electron chi connectivity index (χ0n) is 18.1. The van der Waals surface area contributed by atoms with Gasteiger partial charge in [-0.25, -0.2) is 0 Å². The van der Waals surface area contributed by atoms with Crippen LogP contribution in [0.5, 0.6) is 5.75 Å². The average Bonchev–Trinajstić information content (AvgIpc) is 3.31. The zero-order chi connectivity index (χ0) is 22.0. The Kier molecular flexibility index (Phi) is 5.80. The molecule has 0 spiro atoms.